The number of allylic oxidation sites excluding steroid dienone is 9. The number of unbranched alkanes of at least 4 members (excludes halogenated alkanes) is 7. The van der Waals surface area contributed by atoms with Gasteiger partial charge in [-0.05, 0) is 25.0 Å². The number of nitro benzene ring substituents is 1. The van der Waals surface area contributed by atoms with E-state index in [1.807, 2.05) is 30.4 Å². The molecular weight excluding hydrogens is 390 g/mol. The largest absolute Gasteiger partial charge is 0.423 e. The molecule has 0 saturated heterocycles. The summed E-state index contributed by atoms with van der Waals surface area (Å²) in [5.41, 5.74) is -0.0530. The fourth-order valence-corrected chi connectivity index (χ4v) is 2.70. The molecule has 0 atom stereocenters. The Bertz CT molecular complexity index is 786. The quantitative estimate of drug-likeness (QED) is 0.0559. The molecular formula is C26H33NO4. The third-order valence-corrected chi connectivity index (χ3v) is 4.39. The van der Waals surface area contributed by atoms with Gasteiger partial charge in [0, 0.05) is 18.2 Å². The van der Waals surface area contributed by atoms with Crippen molar-refractivity contribution in [1.29, 1.82) is 0 Å². The summed E-state index contributed by atoms with van der Waals surface area (Å²) < 4.78 is 5.06. The van der Waals surface area contributed by atoms with Gasteiger partial charge in [0.15, 0.2) is 0 Å². The van der Waals surface area contributed by atoms with Crippen LogP contribution in [0.25, 0.3) is 0 Å². The molecule has 0 aliphatic rings. The van der Waals surface area contributed by atoms with E-state index < -0.39 is 10.9 Å². The molecule has 0 unspecified atom stereocenters. The Morgan fingerprint density at radius 2 is 1.39 bits per heavy atom. The number of carbonyl (C=O) groups excluding carboxylic acids is 1. The second-order valence-electron chi connectivity index (χ2n) is 7.02. The summed E-state index contributed by atoms with van der Waals surface area (Å²) >= 11 is 0. The molecule has 0 radical (unpaired) electrons. The number of nitrogens with zero attached hydrogens (tertiary/aromatic N) is 1. The minimum Gasteiger partial charge on any atom is -0.423 e. The van der Waals surface area contributed by atoms with Gasteiger partial charge in [-0.1, -0.05) is 100 Å². The van der Waals surface area contributed by atoms with Crippen LogP contribution in [0.3, 0.4) is 0 Å². The molecule has 0 aromatic heterocycles. The van der Waals surface area contributed by atoms with Crippen molar-refractivity contribution < 1.29 is 14.5 Å². The van der Waals surface area contributed by atoms with Crippen LogP contribution in [0.4, 0.5) is 5.69 Å². The van der Waals surface area contributed by atoms with Gasteiger partial charge in [0.25, 0.3) is 5.69 Å². The highest BCUT2D eigenvalue weighted by molar-refractivity contribution is 5.84. The smallest absolute Gasteiger partial charge is 0.336 e. The highest BCUT2D eigenvalue weighted by atomic mass is 16.6. The molecule has 166 valence electrons. The lowest BCUT2D eigenvalue weighted by Gasteiger charge is -1.99. The molecule has 0 fully saturated rings. The minimum atomic E-state index is -0.548. The zero-order valence-electron chi connectivity index (χ0n) is 18.3. The maximum Gasteiger partial charge on any atom is 0.336 e. The molecule has 1 rings (SSSR count). The SMILES string of the molecule is CCCCCCCCCC=CC=CC=CC=CC=CC(=O)Oc1ccc([N+](=O)[O-])cc1. The molecule has 0 saturated carbocycles. The molecule has 0 N–H and O–H groups in total. The van der Waals surface area contributed by atoms with E-state index in [9.17, 15) is 14.9 Å². The lowest BCUT2D eigenvalue weighted by Crippen LogP contribution is -2.03. The number of ether oxygens (including phenoxy) is 1. The summed E-state index contributed by atoms with van der Waals surface area (Å²) in [5.74, 6) is -0.289. The van der Waals surface area contributed by atoms with E-state index in [1.54, 1.807) is 12.2 Å². The first kappa shape index (κ1) is 25.8. The van der Waals surface area contributed by atoms with E-state index in [0.717, 1.165) is 6.42 Å². The maximum absolute atomic E-state index is 11.7. The molecule has 1 aromatic carbocycles. The lowest BCUT2D eigenvalue weighted by molar-refractivity contribution is -0.384. The minimum absolute atomic E-state index is 0.0530. The van der Waals surface area contributed by atoms with Gasteiger partial charge in [-0.25, -0.2) is 4.79 Å². The fraction of sp³-hybridized carbons (Fsp3) is 0.346. The molecule has 5 nitrogen and oxygen atoms in total. The van der Waals surface area contributed by atoms with Crippen molar-refractivity contribution in [3.8, 4) is 5.75 Å². The van der Waals surface area contributed by atoms with Crippen LogP contribution in [-0.2, 0) is 4.79 Å². The van der Waals surface area contributed by atoms with Gasteiger partial charge in [-0.15, -0.1) is 0 Å². The summed E-state index contributed by atoms with van der Waals surface area (Å²) in [6.07, 6.45) is 28.9. The first-order chi connectivity index (χ1) is 15.1. The van der Waals surface area contributed by atoms with E-state index in [2.05, 4.69) is 19.1 Å². The van der Waals surface area contributed by atoms with E-state index >= 15 is 0 Å². The Morgan fingerprint density at radius 1 is 0.839 bits per heavy atom. The van der Waals surface area contributed by atoms with Gasteiger partial charge >= 0.3 is 5.97 Å². The van der Waals surface area contributed by atoms with E-state index in [4.69, 9.17) is 4.74 Å². The molecule has 0 amide bonds. The summed E-state index contributed by atoms with van der Waals surface area (Å²) in [5, 5.41) is 10.6. The van der Waals surface area contributed by atoms with Crippen molar-refractivity contribution in [3.63, 3.8) is 0 Å². The van der Waals surface area contributed by atoms with Crippen molar-refractivity contribution >= 4 is 11.7 Å². The number of benzene rings is 1. The van der Waals surface area contributed by atoms with Crippen LogP contribution in [0.5, 0.6) is 5.75 Å². The van der Waals surface area contributed by atoms with Gasteiger partial charge in [-0.2, -0.15) is 0 Å². The first-order valence-electron chi connectivity index (χ1n) is 10.9. The number of nitro groups is 1. The van der Waals surface area contributed by atoms with Crippen molar-refractivity contribution in [2.24, 2.45) is 0 Å². The molecule has 0 aliphatic heterocycles. The zero-order chi connectivity index (χ0) is 22.6. The first-order valence-corrected chi connectivity index (χ1v) is 10.9. The summed E-state index contributed by atoms with van der Waals surface area (Å²) in [6, 6.07) is 5.35. The molecule has 0 aliphatic carbocycles. The Balaban J connectivity index is 2.14. The second-order valence-corrected chi connectivity index (χ2v) is 7.02. The average Bonchev–Trinajstić information content (AvgIpc) is 2.76. The molecule has 31 heavy (non-hydrogen) atoms. The molecule has 0 heterocycles. The van der Waals surface area contributed by atoms with Crippen molar-refractivity contribution in [1.82, 2.24) is 0 Å². The van der Waals surface area contributed by atoms with Gasteiger partial charge in [0.05, 0.1) is 4.92 Å². The average molecular weight is 424 g/mol. The normalized spacial score (nSPS) is 12.2. The molecule has 0 spiro atoms. The van der Waals surface area contributed by atoms with Crippen molar-refractivity contribution in [2.45, 2.75) is 58.3 Å². The monoisotopic (exact) mass is 423 g/mol. The van der Waals surface area contributed by atoms with Crippen LogP contribution >= 0.6 is 0 Å². The Morgan fingerprint density at radius 3 is 2.00 bits per heavy atom. The summed E-state index contributed by atoms with van der Waals surface area (Å²) in [7, 11) is 0. The number of hydrogen-bond donors (Lipinski definition) is 0. The Labute approximate surface area is 185 Å². The van der Waals surface area contributed by atoms with Gasteiger partial charge < -0.3 is 4.74 Å². The van der Waals surface area contributed by atoms with Crippen LogP contribution in [0.15, 0.2) is 85.0 Å². The van der Waals surface area contributed by atoms with Crippen LogP contribution in [0, 0.1) is 10.1 Å². The van der Waals surface area contributed by atoms with Crippen LogP contribution in [0.1, 0.15) is 58.3 Å². The standard InChI is InChI=1S/C26H33NO4/c1-2-3-4-5-6-7-8-9-10-11-12-13-14-15-16-17-18-19-26(28)31-25-22-20-24(21-23-25)27(29)30/h10-23H,2-9H2,1H3. The number of non-ortho nitro benzene ring substituents is 1. The van der Waals surface area contributed by atoms with Crippen molar-refractivity contribution in [3.05, 3.63) is 95.1 Å². The van der Waals surface area contributed by atoms with Gasteiger partial charge in [-0.3, -0.25) is 10.1 Å². The molecule has 1 aromatic rings. The fourth-order valence-electron chi connectivity index (χ4n) is 2.70. The highest BCUT2D eigenvalue weighted by Gasteiger charge is 2.05. The topological polar surface area (TPSA) is 69.4 Å². The Kier molecular flexibility index (Phi) is 14.7. The van der Waals surface area contributed by atoms with E-state index in [0.29, 0.717) is 0 Å². The number of carbonyl (C=O) groups is 1. The van der Waals surface area contributed by atoms with Crippen LogP contribution in [-0.4, -0.2) is 10.9 Å². The highest BCUT2D eigenvalue weighted by Crippen LogP contribution is 2.17. The second kappa shape index (κ2) is 17.6. The number of rotatable bonds is 15. The lowest BCUT2D eigenvalue weighted by atomic mass is 10.1. The van der Waals surface area contributed by atoms with Gasteiger partial charge in [0.2, 0.25) is 0 Å². The predicted molar refractivity (Wildman–Crippen MR) is 127 cm³/mol. The van der Waals surface area contributed by atoms with Gasteiger partial charge in [0.1, 0.15) is 5.75 Å². The van der Waals surface area contributed by atoms with Crippen LogP contribution < -0.4 is 4.74 Å². The Hall–Kier alpha value is -3.21. The number of esters is 1. The third kappa shape index (κ3) is 14.4. The molecule has 0 bridgehead atoms. The predicted octanol–water partition coefficient (Wildman–Crippen LogP) is 7.42. The maximum atomic E-state index is 11.7. The van der Waals surface area contributed by atoms with E-state index in [-0.39, 0.29) is 11.4 Å². The third-order valence-electron chi connectivity index (χ3n) is 4.39. The molecule has 5 heteroatoms. The summed E-state index contributed by atoms with van der Waals surface area (Å²) in [6.45, 7) is 2.24. The number of hydrogen-bond acceptors (Lipinski definition) is 4. The van der Waals surface area contributed by atoms with Crippen molar-refractivity contribution in [2.75, 3.05) is 0 Å². The van der Waals surface area contributed by atoms with E-state index in [1.165, 1.54) is 75.3 Å². The summed E-state index contributed by atoms with van der Waals surface area (Å²) in [4.78, 5) is 21.8. The zero-order valence-corrected chi connectivity index (χ0v) is 18.3. The van der Waals surface area contributed by atoms with Crippen LogP contribution in [0.2, 0.25) is 0 Å².